The Morgan fingerprint density at radius 2 is 1.78 bits per heavy atom. The summed E-state index contributed by atoms with van der Waals surface area (Å²) in [4.78, 5) is 0. The first-order valence-corrected chi connectivity index (χ1v) is 3.64. The average molecular weight is 131 g/mol. The molecule has 0 fully saturated rings. The molecule has 0 unspecified atom stereocenters. The Morgan fingerprint density at radius 1 is 1.33 bits per heavy atom. The van der Waals surface area contributed by atoms with Crippen LogP contribution in [-0.4, -0.2) is 11.3 Å². The standard InChI is InChI=1S/C7H17NO/c1-3-6(4-2)5-7(8)9/h6-7,9H,3-5,8H2,1-2H3/t7-/m0/s1. The number of hydrogen-bond acceptors (Lipinski definition) is 2. The summed E-state index contributed by atoms with van der Waals surface area (Å²) in [5, 5.41) is 8.76. The van der Waals surface area contributed by atoms with Gasteiger partial charge in [-0.1, -0.05) is 26.7 Å². The molecule has 0 rings (SSSR count). The van der Waals surface area contributed by atoms with E-state index in [1.54, 1.807) is 0 Å². The number of aliphatic hydroxyl groups excluding tert-OH is 1. The zero-order valence-electron chi connectivity index (χ0n) is 6.30. The normalized spacial score (nSPS) is 14.3. The molecule has 0 spiro atoms. The zero-order valence-corrected chi connectivity index (χ0v) is 6.30. The van der Waals surface area contributed by atoms with Gasteiger partial charge in [-0.3, -0.25) is 0 Å². The maximum absolute atomic E-state index is 8.76. The van der Waals surface area contributed by atoms with Gasteiger partial charge in [0.1, 0.15) is 6.23 Å². The monoisotopic (exact) mass is 131 g/mol. The van der Waals surface area contributed by atoms with Gasteiger partial charge in [-0.05, 0) is 12.3 Å². The molecule has 0 aromatic heterocycles. The topological polar surface area (TPSA) is 46.2 Å². The molecule has 0 radical (unpaired) electrons. The van der Waals surface area contributed by atoms with Crippen molar-refractivity contribution in [2.24, 2.45) is 11.7 Å². The van der Waals surface area contributed by atoms with Crippen molar-refractivity contribution in [1.29, 1.82) is 0 Å². The van der Waals surface area contributed by atoms with E-state index in [1.165, 1.54) is 0 Å². The summed E-state index contributed by atoms with van der Waals surface area (Å²) < 4.78 is 0. The molecule has 3 N–H and O–H groups in total. The fraction of sp³-hybridized carbons (Fsp3) is 1.00. The van der Waals surface area contributed by atoms with Crippen molar-refractivity contribution in [1.82, 2.24) is 0 Å². The van der Waals surface area contributed by atoms with Crippen molar-refractivity contribution in [3.63, 3.8) is 0 Å². The highest BCUT2D eigenvalue weighted by molar-refractivity contribution is 4.56. The molecule has 56 valence electrons. The molecule has 0 aliphatic carbocycles. The summed E-state index contributed by atoms with van der Waals surface area (Å²) in [7, 11) is 0. The predicted octanol–water partition coefficient (Wildman–Crippen LogP) is 1.09. The third-order valence-corrected chi connectivity index (χ3v) is 1.73. The second kappa shape index (κ2) is 4.77. The van der Waals surface area contributed by atoms with E-state index in [-0.39, 0.29) is 0 Å². The van der Waals surface area contributed by atoms with Gasteiger partial charge in [0.25, 0.3) is 0 Å². The van der Waals surface area contributed by atoms with Crippen molar-refractivity contribution in [2.45, 2.75) is 39.3 Å². The third-order valence-electron chi connectivity index (χ3n) is 1.73. The quantitative estimate of drug-likeness (QED) is 0.561. The molecule has 0 saturated heterocycles. The molecule has 0 saturated carbocycles. The summed E-state index contributed by atoms with van der Waals surface area (Å²) in [5.41, 5.74) is 5.20. The first-order chi connectivity index (χ1) is 4.20. The maximum atomic E-state index is 8.76. The molecule has 0 heterocycles. The van der Waals surface area contributed by atoms with Crippen molar-refractivity contribution in [2.75, 3.05) is 0 Å². The zero-order chi connectivity index (χ0) is 7.28. The Hall–Kier alpha value is -0.0800. The smallest absolute Gasteiger partial charge is 0.102 e. The summed E-state index contributed by atoms with van der Waals surface area (Å²) in [6, 6.07) is 0. The van der Waals surface area contributed by atoms with Crippen molar-refractivity contribution >= 4 is 0 Å². The summed E-state index contributed by atoms with van der Waals surface area (Å²) in [6.07, 6.45) is 2.36. The highest BCUT2D eigenvalue weighted by atomic mass is 16.3. The van der Waals surface area contributed by atoms with Gasteiger partial charge in [0.05, 0.1) is 0 Å². The molecule has 0 aliphatic heterocycles. The van der Waals surface area contributed by atoms with Crippen LogP contribution in [-0.2, 0) is 0 Å². The van der Waals surface area contributed by atoms with E-state index in [2.05, 4.69) is 13.8 Å². The molecule has 0 amide bonds. The number of aliphatic hydroxyl groups is 1. The largest absolute Gasteiger partial charge is 0.379 e. The van der Waals surface area contributed by atoms with E-state index < -0.39 is 6.23 Å². The van der Waals surface area contributed by atoms with Crippen LogP contribution in [0.2, 0.25) is 0 Å². The molecular weight excluding hydrogens is 114 g/mol. The van der Waals surface area contributed by atoms with Crippen LogP contribution >= 0.6 is 0 Å². The van der Waals surface area contributed by atoms with Crippen LogP contribution in [0.5, 0.6) is 0 Å². The lowest BCUT2D eigenvalue weighted by atomic mass is 9.99. The first-order valence-electron chi connectivity index (χ1n) is 3.64. The Labute approximate surface area is 57.1 Å². The Bertz CT molecular complexity index is 59.9. The van der Waals surface area contributed by atoms with Crippen LogP contribution < -0.4 is 5.73 Å². The minimum atomic E-state index is -0.616. The Morgan fingerprint density at radius 3 is 1.89 bits per heavy atom. The Kier molecular flexibility index (Phi) is 4.72. The summed E-state index contributed by atoms with van der Waals surface area (Å²) >= 11 is 0. The van der Waals surface area contributed by atoms with Crippen LogP contribution in [0.1, 0.15) is 33.1 Å². The van der Waals surface area contributed by atoms with Crippen LogP contribution in [0.25, 0.3) is 0 Å². The number of nitrogens with two attached hydrogens (primary N) is 1. The fourth-order valence-corrected chi connectivity index (χ4v) is 0.964. The summed E-state index contributed by atoms with van der Waals surface area (Å²) in [5.74, 6) is 0.602. The van der Waals surface area contributed by atoms with E-state index in [1.807, 2.05) is 0 Å². The van der Waals surface area contributed by atoms with E-state index in [9.17, 15) is 0 Å². The van der Waals surface area contributed by atoms with Gasteiger partial charge in [0, 0.05) is 0 Å². The average Bonchev–Trinajstić information content (AvgIpc) is 1.82. The van der Waals surface area contributed by atoms with Gasteiger partial charge < -0.3 is 10.8 Å². The molecule has 0 aliphatic rings. The molecule has 2 nitrogen and oxygen atoms in total. The number of hydrogen-bond donors (Lipinski definition) is 2. The van der Waals surface area contributed by atoms with Crippen molar-refractivity contribution in [3.05, 3.63) is 0 Å². The molecule has 1 atom stereocenters. The van der Waals surface area contributed by atoms with Crippen molar-refractivity contribution in [3.8, 4) is 0 Å². The van der Waals surface area contributed by atoms with E-state index in [4.69, 9.17) is 10.8 Å². The number of rotatable bonds is 4. The van der Waals surface area contributed by atoms with Crippen LogP contribution in [0, 0.1) is 5.92 Å². The lowest BCUT2D eigenvalue weighted by molar-refractivity contribution is 0.146. The minimum Gasteiger partial charge on any atom is -0.379 e. The lowest BCUT2D eigenvalue weighted by Crippen LogP contribution is -2.22. The van der Waals surface area contributed by atoms with Crippen LogP contribution in [0.15, 0.2) is 0 Å². The molecule has 0 aromatic carbocycles. The first kappa shape index (κ1) is 8.92. The summed E-state index contributed by atoms with van der Waals surface area (Å²) in [6.45, 7) is 4.24. The SMILES string of the molecule is CCC(CC)C[C@@H](N)O. The van der Waals surface area contributed by atoms with E-state index in [0.717, 1.165) is 19.3 Å². The van der Waals surface area contributed by atoms with Gasteiger partial charge >= 0.3 is 0 Å². The highest BCUT2D eigenvalue weighted by Gasteiger charge is 2.05. The molecule has 0 aromatic rings. The molecular formula is C7H17NO. The lowest BCUT2D eigenvalue weighted by Gasteiger charge is -2.12. The van der Waals surface area contributed by atoms with Gasteiger partial charge in [-0.25, -0.2) is 0 Å². The van der Waals surface area contributed by atoms with Crippen molar-refractivity contribution < 1.29 is 5.11 Å². The second-order valence-corrected chi connectivity index (χ2v) is 2.49. The predicted molar refractivity (Wildman–Crippen MR) is 38.9 cm³/mol. The molecule has 0 bridgehead atoms. The van der Waals surface area contributed by atoms with E-state index in [0.29, 0.717) is 5.92 Å². The highest BCUT2D eigenvalue weighted by Crippen LogP contribution is 2.12. The van der Waals surface area contributed by atoms with Crippen LogP contribution in [0.4, 0.5) is 0 Å². The van der Waals surface area contributed by atoms with E-state index >= 15 is 0 Å². The van der Waals surface area contributed by atoms with Crippen LogP contribution in [0.3, 0.4) is 0 Å². The fourth-order valence-electron chi connectivity index (χ4n) is 0.964. The van der Waals surface area contributed by atoms with Gasteiger partial charge in [0.15, 0.2) is 0 Å². The van der Waals surface area contributed by atoms with Gasteiger partial charge in [-0.2, -0.15) is 0 Å². The molecule has 2 heteroatoms. The van der Waals surface area contributed by atoms with Gasteiger partial charge in [0.2, 0.25) is 0 Å². The third kappa shape index (κ3) is 4.43. The Balaban J connectivity index is 3.31. The minimum absolute atomic E-state index is 0.602. The molecule has 9 heavy (non-hydrogen) atoms. The maximum Gasteiger partial charge on any atom is 0.102 e. The van der Waals surface area contributed by atoms with Gasteiger partial charge in [-0.15, -0.1) is 0 Å². The second-order valence-electron chi connectivity index (χ2n) is 2.49.